The fourth-order valence-corrected chi connectivity index (χ4v) is 3.54. The molecule has 1 unspecified atom stereocenters. The van der Waals surface area contributed by atoms with Crippen molar-refractivity contribution in [3.63, 3.8) is 0 Å². The van der Waals surface area contributed by atoms with Crippen LogP contribution in [0.15, 0.2) is 18.2 Å². The number of aromatic nitrogens is 4. The second-order valence-corrected chi connectivity index (χ2v) is 7.72. The molecule has 0 aliphatic rings. The van der Waals surface area contributed by atoms with Crippen LogP contribution >= 0.6 is 0 Å². The summed E-state index contributed by atoms with van der Waals surface area (Å²) in [4.78, 5) is 29.4. The quantitative estimate of drug-likeness (QED) is 0.278. The Balaban J connectivity index is 2.09. The first-order valence-electron chi connectivity index (χ1n) is 10.9. The molecule has 3 aromatic rings. The number of ether oxygens (including phenoxy) is 2. The predicted octanol–water partition coefficient (Wildman–Crippen LogP) is 0.681. The first-order valence-corrected chi connectivity index (χ1v) is 10.9. The number of hydrogen-bond acceptors (Lipinski definition) is 8. The van der Waals surface area contributed by atoms with Gasteiger partial charge in [0.05, 0.1) is 37.1 Å². The van der Waals surface area contributed by atoms with Gasteiger partial charge in [-0.05, 0) is 32.0 Å². The van der Waals surface area contributed by atoms with E-state index in [2.05, 4.69) is 15.4 Å². The monoisotopic (exact) mass is 474 g/mol. The number of nitrogens with two attached hydrogens (primary N) is 1. The molecule has 0 aliphatic heterocycles. The van der Waals surface area contributed by atoms with E-state index in [9.17, 15) is 19.8 Å². The molecule has 0 saturated carbocycles. The molecule has 0 saturated heterocycles. The van der Waals surface area contributed by atoms with Gasteiger partial charge in [-0.2, -0.15) is 5.10 Å². The van der Waals surface area contributed by atoms with Crippen molar-refractivity contribution in [1.82, 2.24) is 19.3 Å². The maximum atomic E-state index is 13.0. The minimum atomic E-state index is -1.13. The number of carbonyl (C=O) groups is 2. The largest absolute Gasteiger partial charge is 0.491 e. The number of benzene rings is 1. The van der Waals surface area contributed by atoms with Crippen molar-refractivity contribution in [2.75, 3.05) is 32.2 Å². The third kappa shape index (κ3) is 5.53. The average Bonchev–Trinajstić information content (AvgIpc) is 3.36. The van der Waals surface area contributed by atoms with Gasteiger partial charge >= 0.3 is 0 Å². The number of primary amides is 1. The lowest BCUT2D eigenvalue weighted by Gasteiger charge is -2.16. The van der Waals surface area contributed by atoms with E-state index in [0.29, 0.717) is 47.7 Å². The van der Waals surface area contributed by atoms with Crippen molar-refractivity contribution >= 4 is 28.8 Å². The number of aryl methyl sites for hydroxylation is 2. The van der Waals surface area contributed by atoms with E-state index >= 15 is 0 Å². The number of amides is 2. The highest BCUT2D eigenvalue weighted by Crippen LogP contribution is 2.31. The second-order valence-electron chi connectivity index (χ2n) is 7.72. The number of methoxy groups -OCH3 is 1. The lowest BCUT2D eigenvalue weighted by Crippen LogP contribution is -2.24. The summed E-state index contributed by atoms with van der Waals surface area (Å²) in [5, 5.41) is 26.6. The van der Waals surface area contributed by atoms with Gasteiger partial charge in [-0.3, -0.25) is 19.6 Å². The molecule has 1 aromatic carbocycles. The predicted molar refractivity (Wildman–Crippen MR) is 124 cm³/mol. The number of aliphatic hydroxyl groups excluding tert-OH is 2. The number of carbonyl (C=O) groups excluding carboxylic acids is 2. The van der Waals surface area contributed by atoms with Crippen LogP contribution in [-0.2, 0) is 17.8 Å². The van der Waals surface area contributed by atoms with Gasteiger partial charge in [0.2, 0.25) is 11.9 Å². The minimum Gasteiger partial charge on any atom is -0.491 e. The van der Waals surface area contributed by atoms with E-state index in [4.69, 9.17) is 15.2 Å². The maximum absolute atomic E-state index is 13.0. The Labute approximate surface area is 196 Å². The lowest BCUT2D eigenvalue weighted by atomic mass is 10.1. The maximum Gasteiger partial charge on any atom is 0.276 e. The highest BCUT2D eigenvalue weighted by Gasteiger charge is 2.23. The fraction of sp³-hybridized carbons (Fsp3) is 0.455. The van der Waals surface area contributed by atoms with Crippen LogP contribution in [0.1, 0.15) is 39.9 Å². The number of rotatable bonds is 12. The Morgan fingerprint density at radius 1 is 1.26 bits per heavy atom. The van der Waals surface area contributed by atoms with Gasteiger partial charge in [0.15, 0.2) is 0 Å². The van der Waals surface area contributed by atoms with Crippen molar-refractivity contribution in [1.29, 1.82) is 0 Å². The summed E-state index contributed by atoms with van der Waals surface area (Å²) in [6, 6.07) is 4.63. The normalized spacial score (nSPS) is 12.1. The number of aliphatic hydroxyl groups is 2. The third-order valence-corrected chi connectivity index (χ3v) is 5.11. The smallest absolute Gasteiger partial charge is 0.276 e. The molecule has 0 spiro atoms. The van der Waals surface area contributed by atoms with Gasteiger partial charge < -0.3 is 30.0 Å². The first kappa shape index (κ1) is 25.1. The van der Waals surface area contributed by atoms with E-state index in [1.54, 1.807) is 24.8 Å². The zero-order valence-electron chi connectivity index (χ0n) is 19.4. The summed E-state index contributed by atoms with van der Waals surface area (Å²) in [5.74, 6) is -0.705. The molecular weight excluding hydrogens is 444 g/mol. The van der Waals surface area contributed by atoms with Crippen LogP contribution in [-0.4, -0.2) is 74.4 Å². The third-order valence-electron chi connectivity index (χ3n) is 5.11. The molecule has 34 heavy (non-hydrogen) atoms. The summed E-state index contributed by atoms with van der Waals surface area (Å²) in [6.07, 6.45) is -0.538. The van der Waals surface area contributed by atoms with E-state index in [1.165, 1.54) is 16.7 Å². The van der Waals surface area contributed by atoms with Gasteiger partial charge in [0.25, 0.3) is 5.91 Å². The molecular formula is C22H30N6O6. The summed E-state index contributed by atoms with van der Waals surface area (Å²) in [7, 11) is 1.58. The molecule has 0 aliphatic carbocycles. The number of fused-ring (bicyclic) bond motifs is 1. The standard InChI is InChI=1S/C22H30N6O6/c1-4-28-17(8-13(2)26-28)21(32)25-22-24-16-9-14(20(23)31)10-18(34-7-5-6-33-3)19(16)27(22)11-15(30)12-29/h8-10,15,29-30H,4-7,11-12H2,1-3H3,(H2,23,31)(H,24,25,32). The van der Waals surface area contributed by atoms with Crippen LogP contribution in [0.4, 0.5) is 5.95 Å². The van der Waals surface area contributed by atoms with Crippen molar-refractivity contribution < 1.29 is 29.3 Å². The van der Waals surface area contributed by atoms with Gasteiger partial charge in [-0.15, -0.1) is 0 Å². The molecule has 0 radical (unpaired) electrons. The van der Waals surface area contributed by atoms with Crippen molar-refractivity contribution in [3.8, 4) is 5.75 Å². The van der Waals surface area contributed by atoms with Crippen LogP contribution in [0.5, 0.6) is 5.75 Å². The van der Waals surface area contributed by atoms with E-state index < -0.39 is 24.5 Å². The topological polar surface area (TPSA) is 167 Å². The summed E-state index contributed by atoms with van der Waals surface area (Å²) >= 11 is 0. The molecule has 184 valence electrons. The molecule has 12 heteroatoms. The number of hydrogen-bond donors (Lipinski definition) is 4. The Morgan fingerprint density at radius 2 is 2.03 bits per heavy atom. The number of imidazole rings is 1. The molecule has 0 fully saturated rings. The molecule has 2 amide bonds. The highest BCUT2D eigenvalue weighted by atomic mass is 16.5. The Kier molecular flexibility index (Phi) is 8.21. The second kappa shape index (κ2) is 11.1. The number of anilines is 1. The number of nitrogens with one attached hydrogen (secondary N) is 1. The van der Waals surface area contributed by atoms with E-state index in [1.807, 2.05) is 6.92 Å². The van der Waals surface area contributed by atoms with Gasteiger partial charge in [0, 0.05) is 32.2 Å². The Hall–Kier alpha value is -3.48. The van der Waals surface area contributed by atoms with Crippen molar-refractivity contribution in [3.05, 3.63) is 35.2 Å². The van der Waals surface area contributed by atoms with Gasteiger partial charge in [-0.25, -0.2) is 4.98 Å². The molecule has 2 heterocycles. The fourth-order valence-electron chi connectivity index (χ4n) is 3.54. The Morgan fingerprint density at radius 3 is 2.68 bits per heavy atom. The zero-order chi connectivity index (χ0) is 24.8. The van der Waals surface area contributed by atoms with Crippen LogP contribution in [0.2, 0.25) is 0 Å². The minimum absolute atomic E-state index is 0.0843. The molecule has 1 atom stereocenters. The number of nitrogens with zero attached hydrogens (tertiary/aromatic N) is 4. The molecule has 0 bridgehead atoms. The van der Waals surface area contributed by atoms with Crippen molar-refractivity contribution in [2.45, 2.75) is 39.5 Å². The summed E-state index contributed by atoms with van der Waals surface area (Å²) < 4.78 is 14.0. The van der Waals surface area contributed by atoms with Crippen LogP contribution in [0.3, 0.4) is 0 Å². The van der Waals surface area contributed by atoms with Gasteiger partial charge in [0.1, 0.15) is 17.0 Å². The summed E-state index contributed by atoms with van der Waals surface area (Å²) in [6.45, 7) is 4.33. The van der Waals surface area contributed by atoms with Crippen LogP contribution < -0.4 is 15.8 Å². The van der Waals surface area contributed by atoms with E-state index in [-0.39, 0.29) is 24.7 Å². The van der Waals surface area contributed by atoms with Crippen molar-refractivity contribution in [2.24, 2.45) is 5.73 Å². The molecule has 12 nitrogen and oxygen atoms in total. The molecule has 3 rings (SSSR count). The zero-order valence-corrected chi connectivity index (χ0v) is 19.4. The SMILES string of the molecule is CCn1nc(C)cc1C(=O)Nc1nc2cc(C(N)=O)cc(OCCCOC)c2n1CC(O)CO. The molecule has 5 N–H and O–H groups in total. The first-order chi connectivity index (χ1) is 16.3. The van der Waals surface area contributed by atoms with E-state index in [0.717, 1.165) is 0 Å². The van der Waals surface area contributed by atoms with Crippen LogP contribution in [0.25, 0.3) is 11.0 Å². The molecule has 2 aromatic heterocycles. The van der Waals surface area contributed by atoms with Crippen LogP contribution in [0, 0.1) is 6.92 Å². The average molecular weight is 475 g/mol. The van der Waals surface area contributed by atoms with Gasteiger partial charge in [-0.1, -0.05) is 0 Å². The lowest BCUT2D eigenvalue weighted by molar-refractivity contribution is 0.0822. The Bertz CT molecular complexity index is 1170. The highest BCUT2D eigenvalue weighted by molar-refractivity contribution is 6.04. The summed E-state index contributed by atoms with van der Waals surface area (Å²) in [5.41, 5.74) is 7.47.